The van der Waals surface area contributed by atoms with E-state index in [4.69, 9.17) is 9.47 Å². The molecule has 4 heteroatoms. The first-order valence-corrected chi connectivity index (χ1v) is 6.50. The van der Waals surface area contributed by atoms with Gasteiger partial charge in [0.05, 0.1) is 13.2 Å². The van der Waals surface area contributed by atoms with Crippen LogP contribution < -0.4 is 5.32 Å². The van der Waals surface area contributed by atoms with Gasteiger partial charge in [0.1, 0.15) is 5.54 Å². The number of rotatable bonds is 8. The molecule has 0 amide bonds. The van der Waals surface area contributed by atoms with Crippen LogP contribution in [0.3, 0.4) is 0 Å². The Hall–Kier alpha value is -0.610. The molecule has 0 aromatic heterocycles. The third-order valence-corrected chi connectivity index (χ3v) is 2.67. The molecule has 0 spiro atoms. The van der Waals surface area contributed by atoms with Crippen molar-refractivity contribution in [2.75, 3.05) is 19.8 Å². The van der Waals surface area contributed by atoms with Crippen LogP contribution in [0, 0.1) is 5.92 Å². The van der Waals surface area contributed by atoms with Crippen LogP contribution in [-0.2, 0) is 14.3 Å². The highest BCUT2D eigenvalue weighted by molar-refractivity contribution is 5.80. The Morgan fingerprint density at radius 2 is 2.12 bits per heavy atom. The quantitative estimate of drug-likeness (QED) is 0.660. The predicted molar refractivity (Wildman–Crippen MR) is 66.9 cm³/mol. The number of nitrogens with one attached hydrogen (secondary N) is 1. The van der Waals surface area contributed by atoms with Crippen LogP contribution in [-0.4, -0.2) is 37.4 Å². The Balaban J connectivity index is 2.47. The van der Waals surface area contributed by atoms with Gasteiger partial charge in [0.15, 0.2) is 0 Å². The van der Waals surface area contributed by atoms with E-state index in [1.807, 2.05) is 13.8 Å². The minimum Gasteiger partial charge on any atom is -0.465 e. The van der Waals surface area contributed by atoms with Crippen LogP contribution in [0.25, 0.3) is 0 Å². The molecule has 1 unspecified atom stereocenters. The van der Waals surface area contributed by atoms with Crippen LogP contribution in [0.15, 0.2) is 0 Å². The first-order valence-electron chi connectivity index (χ1n) is 6.50. The monoisotopic (exact) mass is 243 g/mol. The summed E-state index contributed by atoms with van der Waals surface area (Å²) in [5.74, 6) is 0.262. The van der Waals surface area contributed by atoms with Crippen molar-refractivity contribution in [1.82, 2.24) is 5.32 Å². The van der Waals surface area contributed by atoms with Crippen molar-refractivity contribution in [3.05, 3.63) is 0 Å². The Kier molecular flexibility index (Phi) is 5.40. The van der Waals surface area contributed by atoms with Crippen molar-refractivity contribution < 1.29 is 14.3 Å². The molecule has 1 saturated carbocycles. The van der Waals surface area contributed by atoms with E-state index in [1.54, 1.807) is 0 Å². The van der Waals surface area contributed by atoms with Crippen molar-refractivity contribution >= 4 is 5.97 Å². The highest BCUT2D eigenvalue weighted by Crippen LogP contribution is 2.23. The lowest BCUT2D eigenvalue weighted by molar-refractivity contribution is -0.153. The third-order valence-electron chi connectivity index (χ3n) is 2.67. The molecule has 0 heterocycles. The van der Waals surface area contributed by atoms with E-state index in [2.05, 4.69) is 19.2 Å². The summed E-state index contributed by atoms with van der Waals surface area (Å²) in [5, 5.41) is 3.33. The zero-order chi connectivity index (χ0) is 12.9. The Morgan fingerprint density at radius 1 is 1.47 bits per heavy atom. The van der Waals surface area contributed by atoms with Gasteiger partial charge in [-0.15, -0.1) is 0 Å². The van der Waals surface area contributed by atoms with Crippen molar-refractivity contribution in [2.45, 2.75) is 52.1 Å². The molecular formula is C13H25NO3. The standard InChI is InChI=1S/C13H25NO3/c1-5-17-12(15)13(4,14-11-6-7-11)9-16-8-10(2)3/h10-11,14H,5-9H2,1-4H3. The van der Waals surface area contributed by atoms with Crippen LogP contribution in [0.1, 0.15) is 40.5 Å². The van der Waals surface area contributed by atoms with Crippen molar-refractivity contribution in [1.29, 1.82) is 0 Å². The molecule has 0 saturated heterocycles. The van der Waals surface area contributed by atoms with Crippen molar-refractivity contribution in [2.24, 2.45) is 5.92 Å². The summed E-state index contributed by atoms with van der Waals surface area (Å²) in [6.45, 7) is 9.33. The summed E-state index contributed by atoms with van der Waals surface area (Å²) in [4.78, 5) is 11.9. The fourth-order valence-corrected chi connectivity index (χ4v) is 1.63. The number of ether oxygens (including phenoxy) is 2. The molecule has 0 radical (unpaired) electrons. The number of hydrogen-bond acceptors (Lipinski definition) is 4. The summed E-state index contributed by atoms with van der Waals surface area (Å²) in [6, 6.07) is 0.451. The van der Waals surface area contributed by atoms with E-state index < -0.39 is 5.54 Å². The molecule has 0 aromatic carbocycles. The summed E-state index contributed by atoms with van der Waals surface area (Å²) >= 11 is 0. The van der Waals surface area contributed by atoms with E-state index in [0.717, 1.165) is 12.8 Å². The highest BCUT2D eigenvalue weighted by atomic mass is 16.5. The van der Waals surface area contributed by atoms with E-state index in [9.17, 15) is 4.79 Å². The summed E-state index contributed by atoms with van der Waals surface area (Å²) in [5.41, 5.74) is -0.702. The summed E-state index contributed by atoms with van der Waals surface area (Å²) < 4.78 is 10.7. The van der Waals surface area contributed by atoms with Crippen molar-refractivity contribution in [3.8, 4) is 0 Å². The van der Waals surface area contributed by atoms with Crippen LogP contribution >= 0.6 is 0 Å². The molecule has 1 atom stereocenters. The maximum atomic E-state index is 11.9. The van der Waals surface area contributed by atoms with Gasteiger partial charge in [-0.05, 0) is 32.6 Å². The van der Waals surface area contributed by atoms with Gasteiger partial charge in [0.25, 0.3) is 0 Å². The number of hydrogen-bond donors (Lipinski definition) is 1. The van der Waals surface area contributed by atoms with Crippen LogP contribution in [0.4, 0.5) is 0 Å². The van der Waals surface area contributed by atoms with Crippen LogP contribution in [0.2, 0.25) is 0 Å². The molecule has 1 N–H and O–H groups in total. The first-order chi connectivity index (χ1) is 7.98. The molecule has 1 aliphatic carbocycles. The smallest absolute Gasteiger partial charge is 0.328 e. The summed E-state index contributed by atoms with van der Waals surface area (Å²) in [7, 11) is 0. The second kappa shape index (κ2) is 6.36. The molecule has 1 rings (SSSR count). The highest BCUT2D eigenvalue weighted by Gasteiger charge is 2.40. The fourth-order valence-electron chi connectivity index (χ4n) is 1.63. The predicted octanol–water partition coefficient (Wildman–Crippen LogP) is 1.73. The average molecular weight is 243 g/mol. The lowest BCUT2D eigenvalue weighted by Crippen LogP contribution is -2.55. The number of esters is 1. The molecule has 1 aliphatic rings. The van der Waals surface area contributed by atoms with E-state index >= 15 is 0 Å². The van der Waals surface area contributed by atoms with E-state index in [0.29, 0.717) is 31.8 Å². The van der Waals surface area contributed by atoms with Crippen LogP contribution in [0.5, 0.6) is 0 Å². The second-order valence-electron chi connectivity index (χ2n) is 5.38. The molecule has 1 fully saturated rings. The molecule has 0 bridgehead atoms. The second-order valence-corrected chi connectivity index (χ2v) is 5.38. The largest absolute Gasteiger partial charge is 0.465 e. The Labute approximate surface area is 104 Å². The molecule has 0 aliphatic heterocycles. The van der Waals surface area contributed by atoms with E-state index in [-0.39, 0.29) is 5.97 Å². The Bertz CT molecular complexity index is 251. The van der Waals surface area contributed by atoms with Gasteiger partial charge >= 0.3 is 5.97 Å². The maximum absolute atomic E-state index is 11.9. The SMILES string of the molecule is CCOC(=O)C(C)(COCC(C)C)NC1CC1. The molecule has 4 nitrogen and oxygen atoms in total. The van der Waals surface area contributed by atoms with Gasteiger partial charge in [-0.2, -0.15) is 0 Å². The third kappa shape index (κ3) is 5.04. The Morgan fingerprint density at radius 3 is 2.59 bits per heavy atom. The van der Waals surface area contributed by atoms with Gasteiger partial charge in [-0.25, -0.2) is 4.79 Å². The zero-order valence-corrected chi connectivity index (χ0v) is 11.4. The summed E-state index contributed by atoms with van der Waals surface area (Å²) in [6.07, 6.45) is 2.28. The van der Waals surface area contributed by atoms with Gasteiger partial charge in [-0.1, -0.05) is 13.8 Å². The van der Waals surface area contributed by atoms with Gasteiger partial charge in [0.2, 0.25) is 0 Å². The molecule has 17 heavy (non-hydrogen) atoms. The lowest BCUT2D eigenvalue weighted by atomic mass is 10.0. The van der Waals surface area contributed by atoms with Gasteiger partial charge in [0, 0.05) is 12.6 Å². The van der Waals surface area contributed by atoms with Gasteiger partial charge < -0.3 is 9.47 Å². The molecule has 0 aromatic rings. The van der Waals surface area contributed by atoms with Crippen molar-refractivity contribution in [3.63, 3.8) is 0 Å². The maximum Gasteiger partial charge on any atom is 0.328 e. The molecular weight excluding hydrogens is 218 g/mol. The zero-order valence-electron chi connectivity index (χ0n) is 11.4. The average Bonchev–Trinajstić information content (AvgIpc) is 3.01. The minimum atomic E-state index is -0.702. The normalized spacial score (nSPS) is 19.1. The fraction of sp³-hybridized carbons (Fsp3) is 0.923. The first kappa shape index (κ1) is 14.5. The molecule has 100 valence electrons. The minimum absolute atomic E-state index is 0.212. The lowest BCUT2D eigenvalue weighted by Gasteiger charge is -2.28. The van der Waals surface area contributed by atoms with E-state index in [1.165, 1.54) is 0 Å². The number of carbonyl (C=O) groups excluding carboxylic acids is 1. The topological polar surface area (TPSA) is 47.6 Å². The van der Waals surface area contributed by atoms with Gasteiger partial charge in [-0.3, -0.25) is 5.32 Å². The number of carbonyl (C=O) groups is 1.